The molecular weight excluding hydrogens is 471 g/mol. The van der Waals surface area contributed by atoms with Gasteiger partial charge in [-0.15, -0.1) is 0 Å². The van der Waals surface area contributed by atoms with Gasteiger partial charge >= 0.3 is 16.3 Å². The molecule has 3 aromatic carbocycles. The summed E-state index contributed by atoms with van der Waals surface area (Å²) >= 11 is 0. The third kappa shape index (κ3) is 5.71. The van der Waals surface area contributed by atoms with Crippen LogP contribution in [0.4, 0.5) is 22.0 Å². The molecule has 0 aliphatic carbocycles. The second kappa shape index (κ2) is 9.36. The van der Waals surface area contributed by atoms with Crippen molar-refractivity contribution in [1.29, 1.82) is 0 Å². The summed E-state index contributed by atoms with van der Waals surface area (Å²) in [5.74, 6) is -3.65. The zero-order valence-electron chi connectivity index (χ0n) is 16.3. The van der Waals surface area contributed by atoms with Crippen LogP contribution in [0.1, 0.15) is 21.5 Å². The van der Waals surface area contributed by atoms with Gasteiger partial charge in [-0.1, -0.05) is 18.2 Å². The molecule has 0 saturated heterocycles. The highest BCUT2D eigenvalue weighted by Gasteiger charge is 2.31. The zero-order chi connectivity index (χ0) is 24.2. The number of carbonyl (C=O) groups is 1. The van der Waals surface area contributed by atoms with Crippen molar-refractivity contribution in [2.75, 3.05) is 0 Å². The van der Waals surface area contributed by atoms with Gasteiger partial charge in [-0.05, 0) is 48.5 Å². The Morgan fingerprint density at radius 3 is 2.12 bits per heavy atom. The highest BCUT2D eigenvalue weighted by atomic mass is 32.2. The number of alkyl halides is 3. The molecule has 0 unspecified atom stereocenters. The van der Waals surface area contributed by atoms with Crippen molar-refractivity contribution in [2.45, 2.75) is 11.1 Å². The van der Waals surface area contributed by atoms with E-state index in [-0.39, 0.29) is 11.3 Å². The summed E-state index contributed by atoms with van der Waals surface area (Å²) in [6.45, 7) is 0. The lowest BCUT2D eigenvalue weighted by molar-refractivity contribution is -0.137. The van der Waals surface area contributed by atoms with Crippen molar-refractivity contribution in [3.05, 3.63) is 95.1 Å². The summed E-state index contributed by atoms with van der Waals surface area (Å²) < 4.78 is 95.2. The minimum atomic E-state index is -4.64. The van der Waals surface area contributed by atoms with Crippen LogP contribution in [0.5, 0.6) is 5.75 Å². The predicted molar refractivity (Wildman–Crippen MR) is 107 cm³/mol. The molecule has 3 aromatic rings. The Hall–Kier alpha value is -3.80. The molecule has 0 heterocycles. The largest absolute Gasteiger partial charge is 0.416 e. The second-order valence-electron chi connectivity index (χ2n) is 6.39. The van der Waals surface area contributed by atoms with Crippen molar-refractivity contribution in [3.8, 4) is 5.75 Å². The lowest BCUT2D eigenvalue weighted by atomic mass is 10.2. The standard InChI is InChI=1S/C21H13F5N2O4S/c22-16-5-3-6-17(23)19(16)20(29)28-27-12-13-4-1-2-7-18(13)32-33(30,31)15-10-8-14(9-11-15)21(24,25)26/h1-12H,(H,28,29)/b27-12+. The number of benzene rings is 3. The van der Waals surface area contributed by atoms with Crippen LogP contribution in [-0.4, -0.2) is 20.5 Å². The van der Waals surface area contributed by atoms with Gasteiger partial charge in [0.05, 0.1) is 11.8 Å². The molecule has 0 radical (unpaired) electrons. The Balaban J connectivity index is 1.78. The summed E-state index contributed by atoms with van der Waals surface area (Å²) in [7, 11) is -4.51. The van der Waals surface area contributed by atoms with Gasteiger partial charge in [-0.25, -0.2) is 14.2 Å². The smallest absolute Gasteiger partial charge is 0.378 e. The highest BCUT2D eigenvalue weighted by molar-refractivity contribution is 7.87. The third-order valence-corrected chi connectivity index (χ3v) is 5.40. The fourth-order valence-corrected chi connectivity index (χ4v) is 3.52. The van der Waals surface area contributed by atoms with Crippen LogP contribution < -0.4 is 9.61 Å². The maximum atomic E-state index is 13.7. The average Bonchev–Trinajstić information content (AvgIpc) is 2.74. The van der Waals surface area contributed by atoms with E-state index in [2.05, 4.69) is 5.10 Å². The van der Waals surface area contributed by atoms with E-state index in [4.69, 9.17) is 4.18 Å². The van der Waals surface area contributed by atoms with E-state index < -0.39 is 49.9 Å². The number of halogens is 5. The normalized spacial score (nSPS) is 12.0. The highest BCUT2D eigenvalue weighted by Crippen LogP contribution is 2.30. The maximum Gasteiger partial charge on any atom is 0.416 e. The zero-order valence-corrected chi connectivity index (χ0v) is 17.1. The predicted octanol–water partition coefficient (Wildman–Crippen LogP) is 4.52. The van der Waals surface area contributed by atoms with Crippen LogP contribution >= 0.6 is 0 Å². The van der Waals surface area contributed by atoms with E-state index in [9.17, 15) is 35.2 Å². The van der Waals surface area contributed by atoms with Crippen LogP contribution in [0.25, 0.3) is 0 Å². The summed E-state index contributed by atoms with van der Waals surface area (Å²) in [5, 5.41) is 3.54. The summed E-state index contributed by atoms with van der Waals surface area (Å²) in [5.41, 5.74) is 0.0651. The molecular formula is C21H13F5N2O4S. The van der Waals surface area contributed by atoms with Gasteiger partial charge in [0.1, 0.15) is 22.1 Å². The van der Waals surface area contributed by atoms with Gasteiger partial charge in [0.25, 0.3) is 5.91 Å². The molecule has 0 atom stereocenters. The minimum Gasteiger partial charge on any atom is -0.378 e. The Morgan fingerprint density at radius 1 is 0.909 bits per heavy atom. The lowest BCUT2D eigenvalue weighted by Crippen LogP contribution is -2.20. The maximum absolute atomic E-state index is 13.7. The second-order valence-corrected chi connectivity index (χ2v) is 7.94. The lowest BCUT2D eigenvalue weighted by Gasteiger charge is -2.11. The molecule has 12 heteroatoms. The van der Waals surface area contributed by atoms with Gasteiger partial charge in [0.15, 0.2) is 5.75 Å². The third-order valence-electron chi connectivity index (χ3n) is 4.15. The molecule has 33 heavy (non-hydrogen) atoms. The Labute approximate surface area is 184 Å². The number of hydrogen-bond acceptors (Lipinski definition) is 5. The van der Waals surface area contributed by atoms with Gasteiger partial charge in [-0.2, -0.15) is 26.7 Å². The van der Waals surface area contributed by atoms with E-state index >= 15 is 0 Å². The molecule has 172 valence electrons. The van der Waals surface area contributed by atoms with E-state index in [1.54, 1.807) is 0 Å². The van der Waals surface area contributed by atoms with Crippen LogP contribution in [-0.2, 0) is 16.3 Å². The fraction of sp³-hybridized carbons (Fsp3) is 0.0476. The summed E-state index contributed by atoms with van der Waals surface area (Å²) in [4.78, 5) is 11.4. The topological polar surface area (TPSA) is 84.8 Å². The number of para-hydroxylation sites is 1. The fourth-order valence-electron chi connectivity index (χ4n) is 2.57. The van der Waals surface area contributed by atoms with Crippen LogP contribution in [0.3, 0.4) is 0 Å². The molecule has 0 saturated carbocycles. The summed E-state index contributed by atoms with van der Waals surface area (Å²) in [6.07, 6.45) is -3.67. The van der Waals surface area contributed by atoms with Gasteiger partial charge in [0, 0.05) is 5.56 Å². The first-order valence-electron chi connectivity index (χ1n) is 8.97. The van der Waals surface area contributed by atoms with E-state index in [1.165, 1.54) is 24.3 Å². The Morgan fingerprint density at radius 2 is 1.52 bits per heavy atom. The molecule has 0 aromatic heterocycles. The van der Waals surface area contributed by atoms with Gasteiger partial charge in [-0.3, -0.25) is 4.79 Å². The first kappa shape index (κ1) is 23.9. The Bertz CT molecular complexity index is 1290. The minimum absolute atomic E-state index is 0.0438. The average molecular weight is 484 g/mol. The SMILES string of the molecule is O=C(N/N=C/c1ccccc1OS(=O)(=O)c1ccc(C(F)(F)F)cc1)c1c(F)cccc1F. The molecule has 0 fully saturated rings. The summed E-state index contributed by atoms with van der Waals surface area (Å²) in [6, 6.07) is 11.0. The number of nitrogens with zero attached hydrogens (tertiary/aromatic N) is 1. The first-order chi connectivity index (χ1) is 15.5. The van der Waals surface area contributed by atoms with Crippen LogP contribution in [0.15, 0.2) is 76.7 Å². The molecule has 0 aliphatic heterocycles. The van der Waals surface area contributed by atoms with Crippen molar-refractivity contribution in [2.24, 2.45) is 5.10 Å². The number of carbonyl (C=O) groups excluding carboxylic acids is 1. The van der Waals surface area contributed by atoms with E-state index in [1.807, 2.05) is 5.43 Å². The van der Waals surface area contributed by atoms with Gasteiger partial charge in [0.2, 0.25) is 0 Å². The monoisotopic (exact) mass is 484 g/mol. The van der Waals surface area contributed by atoms with Crippen molar-refractivity contribution in [1.82, 2.24) is 5.43 Å². The first-order valence-corrected chi connectivity index (χ1v) is 10.4. The molecule has 0 aliphatic rings. The van der Waals surface area contributed by atoms with E-state index in [0.717, 1.165) is 36.5 Å². The van der Waals surface area contributed by atoms with Gasteiger partial charge < -0.3 is 4.18 Å². The van der Waals surface area contributed by atoms with Crippen molar-refractivity contribution < 1.29 is 39.3 Å². The number of rotatable bonds is 6. The van der Waals surface area contributed by atoms with E-state index in [0.29, 0.717) is 12.1 Å². The molecule has 6 nitrogen and oxygen atoms in total. The van der Waals surface area contributed by atoms with Crippen LogP contribution in [0, 0.1) is 11.6 Å². The molecule has 0 bridgehead atoms. The van der Waals surface area contributed by atoms with Crippen LogP contribution in [0.2, 0.25) is 0 Å². The Kier molecular flexibility index (Phi) is 6.77. The molecule has 3 rings (SSSR count). The van der Waals surface area contributed by atoms with Crippen molar-refractivity contribution >= 4 is 22.2 Å². The number of hydrogen-bond donors (Lipinski definition) is 1. The van der Waals surface area contributed by atoms with Crippen molar-refractivity contribution in [3.63, 3.8) is 0 Å². The molecule has 1 amide bonds. The number of hydrazone groups is 1. The molecule has 1 N–H and O–H groups in total. The number of amides is 1. The number of nitrogens with one attached hydrogen (secondary N) is 1. The quantitative estimate of drug-likeness (QED) is 0.241. The molecule has 0 spiro atoms.